The van der Waals surface area contributed by atoms with Crippen molar-refractivity contribution in [2.45, 2.75) is 5.60 Å². The van der Waals surface area contributed by atoms with Gasteiger partial charge < -0.3 is 15.5 Å². The Morgan fingerprint density at radius 2 is 1.68 bits per heavy atom. The van der Waals surface area contributed by atoms with Crippen LogP contribution in [0.15, 0.2) is 60.9 Å². The molecule has 3 aromatic rings. The predicted molar refractivity (Wildman–Crippen MR) is 94.5 cm³/mol. The Bertz CT molecular complexity index is 848. The summed E-state index contributed by atoms with van der Waals surface area (Å²) in [6.45, 7) is -0.185. The van der Waals surface area contributed by atoms with E-state index in [1.807, 2.05) is 12.1 Å². The molecule has 0 saturated heterocycles. The lowest BCUT2D eigenvalue weighted by Gasteiger charge is -2.29. The molecular formula is C18H16ClN3O3. The molecule has 1 aromatic heterocycles. The molecule has 1 amide bonds. The van der Waals surface area contributed by atoms with Crippen LogP contribution < -0.4 is 5.32 Å². The van der Waals surface area contributed by atoms with Crippen LogP contribution in [0.4, 0.5) is 4.79 Å². The van der Waals surface area contributed by atoms with E-state index in [-0.39, 0.29) is 6.54 Å². The largest absolute Gasteiger partial charge is 0.465 e. The van der Waals surface area contributed by atoms with Gasteiger partial charge in [0, 0.05) is 16.8 Å². The summed E-state index contributed by atoms with van der Waals surface area (Å²) in [7, 11) is 0. The number of carbonyl (C=O) groups is 1. The molecule has 3 rings (SSSR count). The summed E-state index contributed by atoms with van der Waals surface area (Å²) >= 11 is 5.91. The zero-order valence-corrected chi connectivity index (χ0v) is 13.9. The summed E-state index contributed by atoms with van der Waals surface area (Å²) < 4.78 is 0. The minimum atomic E-state index is -1.52. The monoisotopic (exact) mass is 357 g/mol. The number of nitrogens with one attached hydrogen (secondary N) is 2. The number of aromatic nitrogens is 2. The van der Waals surface area contributed by atoms with E-state index in [0.29, 0.717) is 16.1 Å². The van der Waals surface area contributed by atoms with Crippen molar-refractivity contribution in [1.29, 1.82) is 0 Å². The van der Waals surface area contributed by atoms with Gasteiger partial charge in [-0.15, -0.1) is 0 Å². The maximum Gasteiger partial charge on any atom is 0.404 e. The van der Waals surface area contributed by atoms with Crippen molar-refractivity contribution in [3.8, 4) is 11.1 Å². The third kappa shape index (κ3) is 3.65. The van der Waals surface area contributed by atoms with Gasteiger partial charge in [0.05, 0.1) is 12.7 Å². The van der Waals surface area contributed by atoms with Crippen LogP contribution >= 0.6 is 11.6 Å². The number of hydrogen-bond acceptors (Lipinski definition) is 3. The number of H-pyrrole nitrogens is 1. The van der Waals surface area contributed by atoms with Gasteiger partial charge in [-0.1, -0.05) is 48.0 Å². The van der Waals surface area contributed by atoms with Gasteiger partial charge in [-0.3, -0.25) is 5.10 Å². The molecule has 0 aliphatic rings. The minimum Gasteiger partial charge on any atom is -0.465 e. The van der Waals surface area contributed by atoms with Crippen LogP contribution in [0.5, 0.6) is 0 Å². The highest BCUT2D eigenvalue weighted by atomic mass is 35.5. The molecule has 0 bridgehead atoms. The summed E-state index contributed by atoms with van der Waals surface area (Å²) in [5, 5.41) is 29.6. The van der Waals surface area contributed by atoms with Gasteiger partial charge in [-0.2, -0.15) is 5.10 Å². The van der Waals surface area contributed by atoms with Crippen molar-refractivity contribution >= 4 is 17.7 Å². The highest BCUT2D eigenvalue weighted by molar-refractivity contribution is 6.30. The van der Waals surface area contributed by atoms with E-state index in [1.165, 1.54) is 0 Å². The van der Waals surface area contributed by atoms with E-state index in [4.69, 9.17) is 16.7 Å². The molecule has 1 unspecified atom stereocenters. The van der Waals surface area contributed by atoms with Crippen molar-refractivity contribution in [1.82, 2.24) is 15.5 Å². The number of halogens is 1. The van der Waals surface area contributed by atoms with Crippen molar-refractivity contribution in [3.63, 3.8) is 0 Å². The van der Waals surface area contributed by atoms with Crippen LogP contribution in [0.25, 0.3) is 11.1 Å². The first-order valence-corrected chi connectivity index (χ1v) is 7.92. The van der Waals surface area contributed by atoms with E-state index in [9.17, 15) is 9.90 Å². The second-order valence-electron chi connectivity index (χ2n) is 5.59. The highest BCUT2D eigenvalue weighted by Crippen LogP contribution is 2.31. The molecule has 2 aromatic carbocycles. The molecule has 0 saturated carbocycles. The van der Waals surface area contributed by atoms with E-state index >= 15 is 0 Å². The van der Waals surface area contributed by atoms with Crippen LogP contribution in [0.3, 0.4) is 0 Å². The average molecular weight is 358 g/mol. The van der Waals surface area contributed by atoms with Crippen LogP contribution in [-0.2, 0) is 5.60 Å². The summed E-state index contributed by atoms with van der Waals surface area (Å²) in [6, 6.07) is 13.9. The van der Waals surface area contributed by atoms with Crippen molar-refractivity contribution in [3.05, 3.63) is 77.1 Å². The average Bonchev–Trinajstić information content (AvgIpc) is 3.15. The molecule has 0 fully saturated rings. The second kappa shape index (κ2) is 6.96. The molecule has 1 heterocycles. The van der Waals surface area contributed by atoms with Gasteiger partial charge in [0.15, 0.2) is 0 Å². The fourth-order valence-corrected chi connectivity index (χ4v) is 2.77. The standard InChI is InChI=1S/C18H16ClN3O3/c19-16-7-5-15(6-8-16)18(25,11-20-17(23)24)14-3-1-12(2-4-14)13-9-21-22-10-13/h1-10,20,25H,11H2,(H,21,22)(H,23,24). The Labute approximate surface area is 149 Å². The normalized spacial score (nSPS) is 13.2. The van der Waals surface area contributed by atoms with E-state index < -0.39 is 11.7 Å². The quantitative estimate of drug-likeness (QED) is 0.563. The Kier molecular flexibility index (Phi) is 4.74. The molecule has 25 heavy (non-hydrogen) atoms. The van der Waals surface area contributed by atoms with Gasteiger partial charge in [-0.25, -0.2) is 4.79 Å². The van der Waals surface area contributed by atoms with Crippen LogP contribution in [0, 0.1) is 0 Å². The Morgan fingerprint density at radius 1 is 1.08 bits per heavy atom. The second-order valence-corrected chi connectivity index (χ2v) is 6.03. The Balaban J connectivity index is 1.98. The number of rotatable bonds is 5. The molecule has 128 valence electrons. The number of aromatic amines is 1. The maximum atomic E-state index is 11.2. The first-order valence-electron chi connectivity index (χ1n) is 7.54. The van der Waals surface area contributed by atoms with E-state index in [0.717, 1.165) is 11.1 Å². The fourth-order valence-electron chi connectivity index (χ4n) is 2.65. The number of carboxylic acid groups (broad SMARTS) is 1. The number of benzene rings is 2. The summed E-state index contributed by atoms with van der Waals surface area (Å²) in [4.78, 5) is 10.9. The third-order valence-corrected chi connectivity index (χ3v) is 4.26. The van der Waals surface area contributed by atoms with Gasteiger partial charge in [0.1, 0.15) is 5.60 Å². The smallest absolute Gasteiger partial charge is 0.404 e. The number of hydrogen-bond donors (Lipinski definition) is 4. The van der Waals surface area contributed by atoms with Crippen LogP contribution in [-0.4, -0.2) is 33.0 Å². The summed E-state index contributed by atoms with van der Waals surface area (Å²) in [5.74, 6) is 0. The zero-order chi connectivity index (χ0) is 17.9. The van der Waals surface area contributed by atoms with E-state index in [1.54, 1.807) is 48.8 Å². The predicted octanol–water partition coefficient (Wildman–Crippen LogP) is 3.23. The zero-order valence-electron chi connectivity index (χ0n) is 13.1. The summed E-state index contributed by atoms with van der Waals surface area (Å²) in [6.07, 6.45) is 2.26. The molecular weight excluding hydrogens is 342 g/mol. The molecule has 6 nitrogen and oxygen atoms in total. The SMILES string of the molecule is O=C(O)NCC(O)(c1ccc(Cl)cc1)c1ccc(-c2cn[nH]c2)cc1. The topological polar surface area (TPSA) is 98.2 Å². The lowest BCUT2D eigenvalue weighted by molar-refractivity contribution is 0.0787. The van der Waals surface area contributed by atoms with Gasteiger partial charge >= 0.3 is 6.09 Å². The lowest BCUT2D eigenvalue weighted by atomic mass is 9.85. The Hall–Kier alpha value is -2.83. The Morgan fingerprint density at radius 3 is 2.20 bits per heavy atom. The van der Waals surface area contributed by atoms with Gasteiger partial charge in [-0.05, 0) is 28.8 Å². The highest BCUT2D eigenvalue weighted by Gasteiger charge is 2.32. The van der Waals surface area contributed by atoms with Crippen molar-refractivity contribution in [2.24, 2.45) is 0 Å². The fraction of sp³-hybridized carbons (Fsp3) is 0.111. The number of amides is 1. The van der Waals surface area contributed by atoms with Crippen molar-refractivity contribution < 1.29 is 15.0 Å². The third-order valence-electron chi connectivity index (χ3n) is 4.01. The summed E-state index contributed by atoms with van der Waals surface area (Å²) in [5.41, 5.74) is 1.45. The molecule has 0 radical (unpaired) electrons. The lowest BCUT2D eigenvalue weighted by Crippen LogP contribution is -2.41. The molecule has 0 aliphatic heterocycles. The minimum absolute atomic E-state index is 0.185. The number of nitrogens with zero attached hydrogens (tertiary/aromatic N) is 1. The van der Waals surface area contributed by atoms with Gasteiger partial charge in [0.25, 0.3) is 0 Å². The van der Waals surface area contributed by atoms with Gasteiger partial charge in [0.2, 0.25) is 0 Å². The first-order chi connectivity index (χ1) is 12.0. The van der Waals surface area contributed by atoms with Crippen LogP contribution in [0.1, 0.15) is 11.1 Å². The molecule has 0 aliphatic carbocycles. The first kappa shape index (κ1) is 17.0. The molecule has 0 spiro atoms. The van der Waals surface area contributed by atoms with Crippen LogP contribution in [0.2, 0.25) is 5.02 Å². The number of aliphatic hydroxyl groups is 1. The van der Waals surface area contributed by atoms with E-state index in [2.05, 4.69) is 15.5 Å². The maximum absolute atomic E-state index is 11.2. The molecule has 1 atom stereocenters. The van der Waals surface area contributed by atoms with Crippen molar-refractivity contribution in [2.75, 3.05) is 6.54 Å². The molecule has 4 N–H and O–H groups in total. The molecule has 7 heteroatoms.